The van der Waals surface area contributed by atoms with Crippen LogP contribution in [0, 0.1) is 18.7 Å². The maximum atomic E-state index is 12.4. The van der Waals surface area contributed by atoms with E-state index in [1.54, 1.807) is 12.1 Å². The molecule has 23 heavy (non-hydrogen) atoms. The first-order chi connectivity index (χ1) is 11.0. The minimum absolute atomic E-state index is 0.144. The topological polar surface area (TPSA) is 12.4 Å². The Morgan fingerprint density at radius 1 is 1.13 bits per heavy atom. The standard InChI is InChI=1S/C12H16ClN.C8H9F/c1-4-9(2)12(13)14-11-8-6-5-7-10(11)3;1-2-7-4-3-5-8(9)6-7/h5-9H,4H2,1-3H3;3-6H,2H2,1H3. The molecule has 0 aliphatic rings. The van der Waals surface area contributed by atoms with Gasteiger partial charge in [0.1, 0.15) is 11.0 Å². The first kappa shape index (κ1) is 19.4. The maximum Gasteiger partial charge on any atom is 0.123 e. The summed E-state index contributed by atoms with van der Waals surface area (Å²) < 4.78 is 12.4. The third-order valence-corrected chi connectivity index (χ3v) is 4.12. The van der Waals surface area contributed by atoms with E-state index in [4.69, 9.17) is 11.6 Å². The van der Waals surface area contributed by atoms with Crippen LogP contribution in [0.1, 0.15) is 38.3 Å². The van der Waals surface area contributed by atoms with Crippen molar-refractivity contribution in [1.29, 1.82) is 0 Å². The number of aliphatic imine (C=N–C) groups is 1. The van der Waals surface area contributed by atoms with Gasteiger partial charge in [0.05, 0.1) is 5.69 Å². The average molecular weight is 334 g/mol. The summed E-state index contributed by atoms with van der Waals surface area (Å²) in [5.74, 6) is 0.200. The van der Waals surface area contributed by atoms with Gasteiger partial charge in [0.15, 0.2) is 0 Å². The summed E-state index contributed by atoms with van der Waals surface area (Å²) in [5.41, 5.74) is 3.18. The number of hydrogen-bond acceptors (Lipinski definition) is 1. The lowest BCUT2D eigenvalue weighted by molar-refractivity contribution is 0.625. The summed E-state index contributed by atoms with van der Waals surface area (Å²) >= 11 is 6.09. The average Bonchev–Trinajstić information content (AvgIpc) is 2.56. The zero-order valence-corrected chi connectivity index (χ0v) is 15.1. The van der Waals surface area contributed by atoms with Gasteiger partial charge in [0, 0.05) is 5.92 Å². The Morgan fingerprint density at radius 3 is 2.35 bits per heavy atom. The van der Waals surface area contributed by atoms with Gasteiger partial charge in [-0.2, -0.15) is 0 Å². The number of rotatable bonds is 4. The van der Waals surface area contributed by atoms with Crippen molar-refractivity contribution in [2.75, 3.05) is 0 Å². The van der Waals surface area contributed by atoms with Gasteiger partial charge >= 0.3 is 0 Å². The molecule has 1 unspecified atom stereocenters. The van der Waals surface area contributed by atoms with Crippen LogP contribution in [-0.4, -0.2) is 5.17 Å². The lowest BCUT2D eigenvalue weighted by Crippen LogP contribution is -2.01. The molecule has 124 valence electrons. The van der Waals surface area contributed by atoms with E-state index in [-0.39, 0.29) is 5.82 Å². The second kappa shape index (κ2) is 10.2. The number of hydrogen-bond donors (Lipinski definition) is 0. The molecule has 0 N–H and O–H groups in total. The molecule has 0 aliphatic carbocycles. The van der Waals surface area contributed by atoms with Crippen LogP contribution >= 0.6 is 11.6 Å². The molecule has 0 spiro atoms. The molecular formula is C20H25ClFN. The van der Waals surface area contributed by atoms with Gasteiger partial charge in [0.2, 0.25) is 0 Å². The van der Waals surface area contributed by atoms with Gasteiger partial charge in [-0.15, -0.1) is 0 Å². The van der Waals surface area contributed by atoms with Crippen molar-refractivity contribution in [3.63, 3.8) is 0 Å². The van der Waals surface area contributed by atoms with Crippen molar-refractivity contribution in [1.82, 2.24) is 0 Å². The van der Waals surface area contributed by atoms with Gasteiger partial charge in [-0.05, 0) is 49.1 Å². The number of nitrogens with zero attached hydrogens (tertiary/aromatic N) is 1. The van der Waals surface area contributed by atoms with Crippen LogP contribution in [0.25, 0.3) is 0 Å². The Kier molecular flexibility index (Phi) is 8.57. The summed E-state index contributed by atoms with van der Waals surface area (Å²) in [6.07, 6.45) is 1.92. The molecule has 0 saturated heterocycles. The fraction of sp³-hybridized carbons (Fsp3) is 0.350. The maximum absolute atomic E-state index is 12.4. The highest BCUT2D eigenvalue weighted by molar-refractivity contribution is 6.66. The van der Waals surface area contributed by atoms with Crippen LogP contribution in [-0.2, 0) is 6.42 Å². The summed E-state index contributed by atoms with van der Waals surface area (Å²) in [6.45, 7) is 8.25. The normalized spacial score (nSPS) is 12.3. The highest BCUT2D eigenvalue weighted by atomic mass is 35.5. The highest BCUT2D eigenvalue weighted by Crippen LogP contribution is 2.20. The Hall–Kier alpha value is -1.67. The van der Waals surface area contributed by atoms with Crippen molar-refractivity contribution in [2.45, 2.75) is 40.5 Å². The number of aryl methyl sites for hydroxylation is 2. The lowest BCUT2D eigenvalue weighted by Gasteiger charge is -2.06. The van der Waals surface area contributed by atoms with Crippen LogP contribution in [0.4, 0.5) is 10.1 Å². The Balaban J connectivity index is 0.000000253. The third kappa shape index (κ3) is 6.96. The predicted molar refractivity (Wildman–Crippen MR) is 99.4 cm³/mol. The van der Waals surface area contributed by atoms with E-state index < -0.39 is 0 Å². The second-order valence-electron chi connectivity index (χ2n) is 5.51. The molecule has 0 fully saturated rings. The molecule has 0 radical (unpaired) electrons. The molecule has 0 amide bonds. The van der Waals surface area contributed by atoms with Crippen molar-refractivity contribution < 1.29 is 4.39 Å². The van der Waals surface area contributed by atoms with E-state index >= 15 is 0 Å². The summed E-state index contributed by atoms with van der Waals surface area (Å²) in [4.78, 5) is 4.41. The molecule has 0 saturated carbocycles. The molecule has 0 bridgehead atoms. The van der Waals surface area contributed by atoms with Crippen molar-refractivity contribution in [3.8, 4) is 0 Å². The number of halogens is 2. The summed E-state index contributed by atoms with van der Waals surface area (Å²) in [7, 11) is 0. The van der Waals surface area contributed by atoms with E-state index in [2.05, 4.69) is 18.8 Å². The lowest BCUT2D eigenvalue weighted by atomic mass is 10.1. The fourth-order valence-electron chi connectivity index (χ4n) is 1.84. The Morgan fingerprint density at radius 2 is 1.83 bits per heavy atom. The van der Waals surface area contributed by atoms with E-state index in [0.29, 0.717) is 11.1 Å². The largest absolute Gasteiger partial charge is 0.241 e. The van der Waals surface area contributed by atoms with Crippen LogP contribution in [0.3, 0.4) is 0 Å². The van der Waals surface area contributed by atoms with Crippen molar-refractivity contribution >= 4 is 22.5 Å². The van der Waals surface area contributed by atoms with Crippen LogP contribution in [0.15, 0.2) is 53.5 Å². The zero-order valence-electron chi connectivity index (χ0n) is 14.3. The van der Waals surface area contributed by atoms with Crippen molar-refractivity contribution in [3.05, 3.63) is 65.5 Å². The monoisotopic (exact) mass is 333 g/mol. The molecule has 0 aromatic heterocycles. The number of benzene rings is 2. The van der Waals surface area contributed by atoms with E-state index in [1.807, 2.05) is 44.2 Å². The summed E-state index contributed by atoms with van der Waals surface area (Å²) in [5, 5.41) is 0.696. The van der Waals surface area contributed by atoms with E-state index in [1.165, 1.54) is 6.07 Å². The van der Waals surface area contributed by atoms with Crippen LogP contribution < -0.4 is 0 Å². The number of para-hydroxylation sites is 1. The fourth-order valence-corrected chi connectivity index (χ4v) is 2.08. The first-order valence-corrected chi connectivity index (χ1v) is 8.39. The summed E-state index contributed by atoms with van der Waals surface area (Å²) in [6, 6.07) is 14.7. The van der Waals surface area contributed by atoms with E-state index in [0.717, 1.165) is 29.7 Å². The molecule has 0 heterocycles. The van der Waals surface area contributed by atoms with Gasteiger partial charge in [-0.3, -0.25) is 0 Å². The van der Waals surface area contributed by atoms with Gasteiger partial charge in [-0.25, -0.2) is 9.38 Å². The second-order valence-corrected chi connectivity index (χ2v) is 5.90. The molecule has 2 aromatic rings. The smallest absolute Gasteiger partial charge is 0.123 e. The molecule has 0 aliphatic heterocycles. The Bertz CT molecular complexity index is 637. The van der Waals surface area contributed by atoms with E-state index in [9.17, 15) is 4.39 Å². The molecular weight excluding hydrogens is 309 g/mol. The zero-order chi connectivity index (χ0) is 17.2. The SMILES string of the molecule is CCC(C)C(Cl)=Nc1ccccc1C.CCc1cccc(F)c1. The quantitative estimate of drug-likeness (QED) is 0.552. The predicted octanol–water partition coefficient (Wildman–Crippen LogP) is 6.70. The first-order valence-electron chi connectivity index (χ1n) is 8.02. The van der Waals surface area contributed by atoms with Crippen LogP contribution in [0.5, 0.6) is 0 Å². The molecule has 1 atom stereocenters. The van der Waals surface area contributed by atoms with Gasteiger partial charge < -0.3 is 0 Å². The molecule has 3 heteroatoms. The minimum atomic E-state index is -0.144. The van der Waals surface area contributed by atoms with Gasteiger partial charge in [0.25, 0.3) is 0 Å². The third-order valence-electron chi connectivity index (χ3n) is 3.66. The molecule has 2 rings (SSSR count). The Labute approximate surface area is 144 Å². The molecule has 1 nitrogen and oxygen atoms in total. The molecule has 2 aromatic carbocycles. The van der Waals surface area contributed by atoms with Crippen LogP contribution in [0.2, 0.25) is 0 Å². The van der Waals surface area contributed by atoms with Gasteiger partial charge in [-0.1, -0.05) is 62.7 Å². The highest BCUT2D eigenvalue weighted by Gasteiger charge is 2.05. The van der Waals surface area contributed by atoms with Crippen molar-refractivity contribution in [2.24, 2.45) is 10.9 Å². The minimum Gasteiger partial charge on any atom is -0.241 e.